The lowest BCUT2D eigenvalue weighted by Gasteiger charge is -2.09. The first kappa shape index (κ1) is 13.8. The number of anilines is 1. The highest BCUT2D eigenvalue weighted by Gasteiger charge is 2.18. The summed E-state index contributed by atoms with van der Waals surface area (Å²) in [5.74, 6) is -0.953. The largest absolute Gasteiger partial charge is 0.478 e. The van der Waals surface area contributed by atoms with E-state index in [1.54, 1.807) is 32.9 Å². The quantitative estimate of drug-likeness (QED) is 0.897. The van der Waals surface area contributed by atoms with E-state index in [0.717, 1.165) is 0 Å². The Balaban J connectivity index is 2.31. The van der Waals surface area contributed by atoms with E-state index in [2.05, 4.69) is 10.3 Å². The van der Waals surface area contributed by atoms with Crippen LogP contribution in [0.1, 0.15) is 38.1 Å². The van der Waals surface area contributed by atoms with Crippen LogP contribution in [0.2, 0.25) is 0 Å². The van der Waals surface area contributed by atoms with Crippen LogP contribution in [-0.4, -0.2) is 22.0 Å². The fourth-order valence-corrected chi connectivity index (χ4v) is 1.92. The monoisotopic (exact) mass is 274 g/mol. The van der Waals surface area contributed by atoms with Crippen LogP contribution in [0.4, 0.5) is 5.69 Å². The summed E-state index contributed by atoms with van der Waals surface area (Å²) in [7, 11) is 0. The molecule has 0 unspecified atom stereocenters. The smallest absolute Gasteiger partial charge is 0.336 e. The number of aromatic carboxylic acids is 1. The number of benzene rings is 1. The lowest BCUT2D eigenvalue weighted by molar-refractivity contribution is 0.0695. The first-order valence-electron chi connectivity index (χ1n) is 5.98. The molecular formula is C14H14N2O4. The van der Waals surface area contributed by atoms with E-state index in [1.165, 1.54) is 6.07 Å². The highest BCUT2D eigenvalue weighted by molar-refractivity contribution is 6.04. The van der Waals surface area contributed by atoms with Crippen LogP contribution >= 0.6 is 0 Å². The second-order valence-electron chi connectivity index (χ2n) is 4.38. The number of carboxylic acids is 1. The van der Waals surface area contributed by atoms with Crippen molar-refractivity contribution in [2.24, 2.45) is 0 Å². The predicted molar refractivity (Wildman–Crippen MR) is 72.1 cm³/mol. The minimum absolute atomic E-state index is 0.127. The Morgan fingerprint density at radius 2 is 1.95 bits per heavy atom. The average Bonchev–Trinajstić information content (AvgIpc) is 2.70. The summed E-state index contributed by atoms with van der Waals surface area (Å²) in [5, 5.41) is 11.7. The van der Waals surface area contributed by atoms with Gasteiger partial charge in [-0.05, 0) is 31.5 Å². The van der Waals surface area contributed by atoms with Gasteiger partial charge in [-0.3, -0.25) is 4.79 Å². The second kappa shape index (κ2) is 5.16. The van der Waals surface area contributed by atoms with Crippen LogP contribution in [0.25, 0.3) is 0 Å². The third kappa shape index (κ3) is 2.54. The summed E-state index contributed by atoms with van der Waals surface area (Å²) in [6.07, 6.45) is 0. The van der Waals surface area contributed by atoms with Crippen LogP contribution in [-0.2, 0) is 0 Å². The lowest BCUT2D eigenvalue weighted by atomic mass is 10.1. The van der Waals surface area contributed by atoms with Crippen molar-refractivity contribution in [2.75, 3.05) is 5.32 Å². The zero-order chi connectivity index (χ0) is 14.9. The molecule has 20 heavy (non-hydrogen) atoms. The van der Waals surface area contributed by atoms with Gasteiger partial charge in [-0.15, -0.1) is 0 Å². The number of oxazole rings is 1. The van der Waals surface area contributed by atoms with Gasteiger partial charge in [0, 0.05) is 12.6 Å². The van der Waals surface area contributed by atoms with Crippen molar-refractivity contribution in [1.82, 2.24) is 4.98 Å². The summed E-state index contributed by atoms with van der Waals surface area (Å²) in [6.45, 7) is 4.96. The van der Waals surface area contributed by atoms with Gasteiger partial charge in [-0.2, -0.15) is 0 Å². The molecule has 0 bridgehead atoms. The van der Waals surface area contributed by atoms with Crippen LogP contribution in [0.5, 0.6) is 0 Å². The zero-order valence-corrected chi connectivity index (χ0v) is 11.4. The molecule has 0 saturated heterocycles. The molecular weight excluding hydrogens is 260 g/mol. The summed E-state index contributed by atoms with van der Waals surface area (Å²) >= 11 is 0. The predicted octanol–water partition coefficient (Wildman–Crippen LogP) is 2.55. The molecule has 0 spiro atoms. The number of nitrogens with one attached hydrogen (secondary N) is 1. The number of amides is 1. The molecule has 0 radical (unpaired) electrons. The van der Waals surface area contributed by atoms with Gasteiger partial charge in [0.25, 0.3) is 5.91 Å². The number of carbonyl (C=O) groups excluding carboxylic acids is 1. The Hall–Kier alpha value is -2.63. The minimum atomic E-state index is -1.04. The number of carbonyl (C=O) groups is 2. The summed E-state index contributed by atoms with van der Waals surface area (Å²) in [6, 6.07) is 4.69. The maximum atomic E-state index is 12.1. The van der Waals surface area contributed by atoms with Gasteiger partial charge in [0.05, 0.1) is 11.3 Å². The van der Waals surface area contributed by atoms with Crippen LogP contribution < -0.4 is 5.32 Å². The Morgan fingerprint density at radius 1 is 1.25 bits per heavy atom. The highest BCUT2D eigenvalue weighted by atomic mass is 16.4. The molecule has 1 heterocycles. The number of hydrogen-bond acceptors (Lipinski definition) is 4. The van der Waals surface area contributed by atoms with Crippen molar-refractivity contribution in [3.8, 4) is 0 Å². The Morgan fingerprint density at radius 3 is 2.50 bits per heavy atom. The maximum absolute atomic E-state index is 12.1. The molecule has 0 aliphatic rings. The number of rotatable bonds is 3. The van der Waals surface area contributed by atoms with Crippen molar-refractivity contribution in [3.05, 3.63) is 46.7 Å². The molecule has 1 aromatic heterocycles. The van der Waals surface area contributed by atoms with E-state index in [1.807, 2.05) is 0 Å². The zero-order valence-electron chi connectivity index (χ0n) is 11.4. The maximum Gasteiger partial charge on any atom is 0.336 e. The Kier molecular flexibility index (Phi) is 3.56. The van der Waals surface area contributed by atoms with Gasteiger partial charge in [-0.25, -0.2) is 9.78 Å². The number of nitrogens with zero attached hydrogens (tertiary/aromatic N) is 1. The van der Waals surface area contributed by atoms with E-state index in [-0.39, 0.29) is 11.3 Å². The fourth-order valence-electron chi connectivity index (χ4n) is 1.92. The normalized spacial score (nSPS) is 10.3. The molecule has 0 aliphatic heterocycles. The molecule has 1 amide bonds. The van der Waals surface area contributed by atoms with E-state index in [4.69, 9.17) is 9.52 Å². The summed E-state index contributed by atoms with van der Waals surface area (Å²) in [4.78, 5) is 27.2. The van der Waals surface area contributed by atoms with Gasteiger partial charge in [0.1, 0.15) is 0 Å². The topological polar surface area (TPSA) is 92.4 Å². The molecule has 0 atom stereocenters. The van der Waals surface area contributed by atoms with Crippen LogP contribution in [0, 0.1) is 20.8 Å². The molecule has 104 valence electrons. The molecule has 6 nitrogen and oxygen atoms in total. The molecule has 0 saturated carbocycles. The van der Waals surface area contributed by atoms with Crippen LogP contribution in [0.15, 0.2) is 22.6 Å². The van der Waals surface area contributed by atoms with Crippen molar-refractivity contribution in [3.63, 3.8) is 0 Å². The minimum Gasteiger partial charge on any atom is -0.478 e. The van der Waals surface area contributed by atoms with Crippen molar-refractivity contribution in [1.29, 1.82) is 0 Å². The highest BCUT2D eigenvalue weighted by Crippen LogP contribution is 2.20. The molecule has 2 rings (SSSR count). The SMILES string of the molecule is Cc1nc(C)c(C(=O)Nc2cccc(C(=O)O)c2C)o1. The van der Waals surface area contributed by atoms with E-state index < -0.39 is 11.9 Å². The van der Waals surface area contributed by atoms with Gasteiger partial charge >= 0.3 is 5.97 Å². The van der Waals surface area contributed by atoms with Gasteiger partial charge < -0.3 is 14.8 Å². The van der Waals surface area contributed by atoms with Gasteiger partial charge in [-0.1, -0.05) is 6.07 Å². The van der Waals surface area contributed by atoms with Gasteiger partial charge in [0.15, 0.2) is 5.89 Å². The molecule has 1 aromatic carbocycles. The van der Waals surface area contributed by atoms with E-state index >= 15 is 0 Å². The summed E-state index contributed by atoms with van der Waals surface area (Å²) < 4.78 is 5.23. The molecule has 0 aliphatic carbocycles. The van der Waals surface area contributed by atoms with Gasteiger partial charge in [0.2, 0.25) is 5.76 Å². The number of hydrogen-bond donors (Lipinski definition) is 2. The van der Waals surface area contributed by atoms with E-state index in [0.29, 0.717) is 22.8 Å². The first-order chi connectivity index (χ1) is 9.40. The number of aryl methyl sites for hydroxylation is 2. The van der Waals surface area contributed by atoms with E-state index in [9.17, 15) is 9.59 Å². The molecule has 2 N–H and O–H groups in total. The third-order valence-electron chi connectivity index (χ3n) is 2.92. The number of aromatic nitrogens is 1. The summed E-state index contributed by atoms with van der Waals surface area (Å²) in [5.41, 5.74) is 1.56. The van der Waals surface area contributed by atoms with Crippen molar-refractivity contribution >= 4 is 17.6 Å². The lowest BCUT2D eigenvalue weighted by Crippen LogP contribution is -2.14. The average molecular weight is 274 g/mol. The Bertz CT molecular complexity index is 688. The molecule has 0 fully saturated rings. The molecule has 2 aromatic rings. The second-order valence-corrected chi connectivity index (χ2v) is 4.38. The van der Waals surface area contributed by atoms with Crippen molar-refractivity contribution in [2.45, 2.75) is 20.8 Å². The third-order valence-corrected chi connectivity index (χ3v) is 2.92. The molecule has 6 heteroatoms. The number of carboxylic acid groups (broad SMARTS) is 1. The van der Waals surface area contributed by atoms with Crippen molar-refractivity contribution < 1.29 is 19.1 Å². The van der Waals surface area contributed by atoms with Crippen LogP contribution in [0.3, 0.4) is 0 Å². The Labute approximate surface area is 115 Å². The first-order valence-corrected chi connectivity index (χ1v) is 5.98. The fraction of sp³-hybridized carbons (Fsp3) is 0.214. The standard InChI is InChI=1S/C14H14N2O4/c1-7-10(14(18)19)5-4-6-11(7)16-13(17)12-8(2)15-9(3)20-12/h4-6H,1-3H3,(H,16,17)(H,18,19).